The van der Waals surface area contributed by atoms with Crippen LogP contribution in [0.4, 0.5) is 14.9 Å². The normalized spacial score (nSPS) is 17.6. The molecule has 0 spiro atoms. The van der Waals surface area contributed by atoms with Gasteiger partial charge in [-0.1, -0.05) is 29.8 Å². The molecule has 6 heteroatoms. The SMILES string of the molecule is O=C(Nc1ccc(Cl)cc1)N1CCC[NH+](Cc2ccccc2F)C1. The van der Waals surface area contributed by atoms with Gasteiger partial charge in [0.15, 0.2) is 6.67 Å². The lowest BCUT2D eigenvalue weighted by molar-refractivity contribution is -0.927. The number of anilines is 1. The molecule has 0 saturated carbocycles. The molecule has 0 bridgehead atoms. The number of urea groups is 1. The van der Waals surface area contributed by atoms with Crippen molar-refractivity contribution < 1.29 is 14.1 Å². The fourth-order valence-corrected chi connectivity index (χ4v) is 3.04. The van der Waals surface area contributed by atoms with Crippen molar-refractivity contribution >= 4 is 23.3 Å². The van der Waals surface area contributed by atoms with Crippen LogP contribution in [0, 0.1) is 5.82 Å². The van der Waals surface area contributed by atoms with Gasteiger partial charge < -0.3 is 10.2 Å². The molecule has 24 heavy (non-hydrogen) atoms. The summed E-state index contributed by atoms with van der Waals surface area (Å²) in [5.41, 5.74) is 1.40. The fourth-order valence-electron chi connectivity index (χ4n) is 2.91. The zero-order chi connectivity index (χ0) is 16.9. The van der Waals surface area contributed by atoms with E-state index < -0.39 is 0 Å². The lowest BCUT2D eigenvalue weighted by atomic mass is 10.2. The zero-order valence-electron chi connectivity index (χ0n) is 13.3. The van der Waals surface area contributed by atoms with Crippen LogP contribution in [-0.2, 0) is 6.54 Å². The standard InChI is InChI=1S/C18H19ClFN3O/c19-15-6-8-16(9-7-15)21-18(24)23-11-3-10-22(13-23)12-14-4-1-2-5-17(14)20/h1-2,4-9H,3,10-13H2,(H,21,24)/p+1. The van der Waals surface area contributed by atoms with Gasteiger partial charge in [-0.25, -0.2) is 9.18 Å². The number of hydrogen-bond acceptors (Lipinski definition) is 1. The number of nitrogens with one attached hydrogen (secondary N) is 2. The van der Waals surface area contributed by atoms with Gasteiger partial charge in [0.2, 0.25) is 0 Å². The molecule has 1 saturated heterocycles. The monoisotopic (exact) mass is 348 g/mol. The molecule has 126 valence electrons. The van der Waals surface area contributed by atoms with E-state index in [0.717, 1.165) is 13.0 Å². The Morgan fingerprint density at radius 1 is 1.21 bits per heavy atom. The third-order valence-electron chi connectivity index (χ3n) is 4.15. The molecule has 4 nitrogen and oxygen atoms in total. The largest absolute Gasteiger partial charge is 0.326 e. The minimum atomic E-state index is -0.187. The van der Waals surface area contributed by atoms with E-state index in [-0.39, 0.29) is 11.8 Å². The second kappa shape index (κ2) is 7.64. The Morgan fingerprint density at radius 3 is 2.71 bits per heavy atom. The van der Waals surface area contributed by atoms with Gasteiger partial charge in [0.25, 0.3) is 0 Å². The number of carbonyl (C=O) groups is 1. The van der Waals surface area contributed by atoms with Crippen LogP contribution in [0.15, 0.2) is 48.5 Å². The van der Waals surface area contributed by atoms with Crippen LogP contribution in [-0.4, -0.2) is 30.7 Å². The summed E-state index contributed by atoms with van der Waals surface area (Å²) in [4.78, 5) is 15.4. The summed E-state index contributed by atoms with van der Waals surface area (Å²) >= 11 is 5.85. The smallest absolute Gasteiger partial charge is 0.314 e. The summed E-state index contributed by atoms with van der Waals surface area (Å²) < 4.78 is 13.8. The number of hydrogen-bond donors (Lipinski definition) is 2. The van der Waals surface area contributed by atoms with Crippen LogP contribution in [0.5, 0.6) is 0 Å². The molecule has 0 aromatic heterocycles. The molecule has 2 N–H and O–H groups in total. The Balaban J connectivity index is 1.59. The number of rotatable bonds is 3. The number of halogens is 2. The first-order valence-corrected chi connectivity index (χ1v) is 8.38. The van der Waals surface area contributed by atoms with E-state index in [2.05, 4.69) is 5.32 Å². The van der Waals surface area contributed by atoms with Crippen molar-refractivity contribution in [3.05, 3.63) is 64.9 Å². The summed E-state index contributed by atoms with van der Waals surface area (Å²) in [6, 6.07) is 13.7. The average Bonchev–Trinajstić information content (AvgIpc) is 2.59. The zero-order valence-corrected chi connectivity index (χ0v) is 14.0. The maximum absolute atomic E-state index is 13.8. The van der Waals surface area contributed by atoms with Crippen molar-refractivity contribution in [1.82, 2.24) is 4.90 Å². The molecule has 3 rings (SSSR count). The summed E-state index contributed by atoms with van der Waals surface area (Å²) in [6.07, 6.45) is 0.901. The molecule has 2 amide bonds. The molecule has 0 radical (unpaired) electrons. The molecule has 1 fully saturated rings. The fraction of sp³-hybridized carbons (Fsp3) is 0.278. The first kappa shape index (κ1) is 16.7. The summed E-state index contributed by atoms with van der Waals surface area (Å²) in [5.74, 6) is -0.187. The van der Waals surface area contributed by atoms with E-state index >= 15 is 0 Å². The molecular formula is C18H20ClFN3O+. The van der Waals surface area contributed by atoms with E-state index in [1.807, 2.05) is 6.07 Å². The van der Waals surface area contributed by atoms with Crippen molar-refractivity contribution in [3.8, 4) is 0 Å². The first-order valence-electron chi connectivity index (χ1n) is 8.00. The highest BCUT2D eigenvalue weighted by Crippen LogP contribution is 2.14. The quantitative estimate of drug-likeness (QED) is 0.879. The van der Waals surface area contributed by atoms with Crippen LogP contribution >= 0.6 is 11.6 Å². The van der Waals surface area contributed by atoms with E-state index in [1.54, 1.807) is 41.3 Å². The van der Waals surface area contributed by atoms with Crippen LogP contribution < -0.4 is 10.2 Å². The minimum absolute atomic E-state index is 0.136. The second-order valence-corrected chi connectivity index (χ2v) is 6.42. The molecule has 2 aromatic rings. The highest BCUT2D eigenvalue weighted by molar-refractivity contribution is 6.30. The molecule has 2 aromatic carbocycles. The van der Waals surface area contributed by atoms with E-state index in [1.165, 1.54) is 11.0 Å². The third-order valence-corrected chi connectivity index (χ3v) is 4.41. The number of nitrogens with zero attached hydrogens (tertiary/aromatic N) is 1. The van der Waals surface area contributed by atoms with Gasteiger partial charge in [0, 0.05) is 29.2 Å². The van der Waals surface area contributed by atoms with Gasteiger partial charge in [-0.3, -0.25) is 4.90 Å². The Hall–Kier alpha value is -2.11. The molecule has 1 atom stereocenters. The summed E-state index contributed by atoms with van der Waals surface area (Å²) in [5, 5.41) is 3.51. The van der Waals surface area contributed by atoms with Gasteiger partial charge in [-0.15, -0.1) is 0 Å². The predicted molar refractivity (Wildman–Crippen MR) is 92.6 cm³/mol. The molecular weight excluding hydrogens is 329 g/mol. The number of quaternary nitrogens is 1. The summed E-state index contributed by atoms with van der Waals surface area (Å²) in [6.45, 7) is 2.78. The van der Waals surface area contributed by atoms with Gasteiger partial charge in [-0.05, 0) is 30.3 Å². The summed E-state index contributed by atoms with van der Waals surface area (Å²) in [7, 11) is 0. The highest BCUT2D eigenvalue weighted by atomic mass is 35.5. The Labute approximate surface area is 145 Å². The third kappa shape index (κ3) is 4.24. The molecule has 0 aliphatic carbocycles. The molecule has 1 aliphatic rings. The van der Waals surface area contributed by atoms with Crippen molar-refractivity contribution in [1.29, 1.82) is 0 Å². The van der Waals surface area contributed by atoms with Gasteiger partial charge >= 0.3 is 6.03 Å². The first-order chi connectivity index (χ1) is 11.6. The molecule has 1 aliphatic heterocycles. The topological polar surface area (TPSA) is 36.8 Å². The van der Waals surface area contributed by atoms with Crippen molar-refractivity contribution in [2.45, 2.75) is 13.0 Å². The average molecular weight is 349 g/mol. The highest BCUT2D eigenvalue weighted by Gasteiger charge is 2.25. The molecule has 1 heterocycles. The second-order valence-electron chi connectivity index (χ2n) is 5.98. The number of carbonyl (C=O) groups excluding carboxylic acids is 1. The van der Waals surface area contributed by atoms with Gasteiger partial charge in [0.1, 0.15) is 12.4 Å². The van der Waals surface area contributed by atoms with E-state index in [4.69, 9.17) is 11.6 Å². The van der Waals surface area contributed by atoms with Crippen LogP contribution in [0.3, 0.4) is 0 Å². The number of amides is 2. The Bertz CT molecular complexity index is 708. The lowest BCUT2D eigenvalue weighted by Gasteiger charge is -2.32. The lowest BCUT2D eigenvalue weighted by Crippen LogP contribution is -3.13. The van der Waals surface area contributed by atoms with Crippen molar-refractivity contribution in [3.63, 3.8) is 0 Å². The molecule has 1 unspecified atom stereocenters. The van der Waals surface area contributed by atoms with E-state index in [9.17, 15) is 9.18 Å². The van der Waals surface area contributed by atoms with Crippen LogP contribution in [0.2, 0.25) is 5.02 Å². The number of benzene rings is 2. The van der Waals surface area contributed by atoms with Crippen LogP contribution in [0.1, 0.15) is 12.0 Å². The maximum atomic E-state index is 13.8. The van der Waals surface area contributed by atoms with Gasteiger partial charge in [-0.2, -0.15) is 0 Å². The van der Waals surface area contributed by atoms with Crippen molar-refractivity contribution in [2.75, 3.05) is 25.1 Å². The van der Waals surface area contributed by atoms with Crippen molar-refractivity contribution in [2.24, 2.45) is 0 Å². The Kier molecular flexibility index (Phi) is 5.33. The van der Waals surface area contributed by atoms with Crippen LogP contribution in [0.25, 0.3) is 0 Å². The maximum Gasteiger partial charge on any atom is 0.326 e. The Morgan fingerprint density at radius 2 is 1.96 bits per heavy atom. The minimum Gasteiger partial charge on any atom is -0.314 e. The van der Waals surface area contributed by atoms with Gasteiger partial charge in [0.05, 0.1) is 6.54 Å². The van der Waals surface area contributed by atoms with E-state index in [0.29, 0.717) is 36.0 Å². The predicted octanol–water partition coefficient (Wildman–Crippen LogP) is 2.76.